The molecule has 140 valence electrons. The number of carbonyl (C=O) groups is 3. The number of amides is 3. The van der Waals surface area contributed by atoms with E-state index in [-0.39, 0.29) is 30.2 Å². The Morgan fingerprint density at radius 1 is 1.07 bits per heavy atom. The van der Waals surface area contributed by atoms with E-state index in [0.717, 1.165) is 23.3 Å². The van der Waals surface area contributed by atoms with E-state index >= 15 is 0 Å². The van der Waals surface area contributed by atoms with Crippen LogP contribution in [0.2, 0.25) is 0 Å². The Bertz CT molecular complexity index is 985. The lowest BCUT2D eigenvalue weighted by Gasteiger charge is -2.27. The van der Waals surface area contributed by atoms with E-state index in [1.54, 1.807) is 41.3 Å². The fourth-order valence-electron chi connectivity index (χ4n) is 3.55. The number of rotatable bonds is 4. The molecular formula is C22H19N3O3. The van der Waals surface area contributed by atoms with E-state index in [4.69, 9.17) is 5.26 Å². The smallest absolute Gasteiger partial charge is 0.257 e. The topological polar surface area (TPSA) is 81.5 Å². The highest BCUT2D eigenvalue weighted by atomic mass is 16.2. The minimum absolute atomic E-state index is 0.00327. The molecule has 0 aromatic heterocycles. The number of aryl methyl sites for hydroxylation is 1. The lowest BCUT2D eigenvalue weighted by Crippen LogP contribution is -2.46. The van der Waals surface area contributed by atoms with Crippen LogP contribution in [0.1, 0.15) is 40.7 Å². The monoisotopic (exact) mass is 373 g/mol. The molecule has 1 heterocycles. The van der Waals surface area contributed by atoms with Crippen LogP contribution in [0, 0.1) is 18.3 Å². The summed E-state index contributed by atoms with van der Waals surface area (Å²) in [5.41, 5.74) is 2.45. The summed E-state index contributed by atoms with van der Waals surface area (Å²) in [4.78, 5) is 41.5. The van der Waals surface area contributed by atoms with Gasteiger partial charge in [-0.15, -0.1) is 0 Å². The largest absolute Gasteiger partial charge is 0.323 e. The van der Waals surface area contributed by atoms with Crippen LogP contribution >= 0.6 is 0 Å². The predicted molar refractivity (Wildman–Crippen MR) is 102 cm³/mol. The molecule has 28 heavy (non-hydrogen) atoms. The molecule has 2 aromatic rings. The Balaban J connectivity index is 1.62. The highest BCUT2D eigenvalue weighted by molar-refractivity contribution is 6.23. The number of benzene rings is 2. The normalized spacial score (nSPS) is 18.9. The van der Waals surface area contributed by atoms with Gasteiger partial charge in [0.2, 0.25) is 5.91 Å². The number of hydrogen-bond donors (Lipinski definition) is 0. The molecule has 6 heteroatoms. The van der Waals surface area contributed by atoms with Gasteiger partial charge < -0.3 is 4.90 Å². The summed E-state index contributed by atoms with van der Waals surface area (Å²) in [6.45, 7) is 1.95. The van der Waals surface area contributed by atoms with Crippen molar-refractivity contribution in [1.82, 2.24) is 4.90 Å². The zero-order valence-electron chi connectivity index (χ0n) is 15.5. The molecular weight excluding hydrogens is 354 g/mol. The van der Waals surface area contributed by atoms with Crippen molar-refractivity contribution in [2.24, 2.45) is 0 Å². The van der Waals surface area contributed by atoms with Crippen LogP contribution in [-0.4, -0.2) is 34.7 Å². The van der Waals surface area contributed by atoms with Crippen molar-refractivity contribution in [3.05, 3.63) is 65.2 Å². The maximum absolute atomic E-state index is 13.1. The number of nitrogens with zero attached hydrogens (tertiary/aromatic N) is 3. The van der Waals surface area contributed by atoms with Gasteiger partial charge in [-0.2, -0.15) is 5.26 Å². The van der Waals surface area contributed by atoms with E-state index in [1.807, 2.05) is 25.1 Å². The summed E-state index contributed by atoms with van der Waals surface area (Å²) in [5.74, 6) is -0.931. The summed E-state index contributed by atoms with van der Waals surface area (Å²) in [7, 11) is 0. The van der Waals surface area contributed by atoms with E-state index in [9.17, 15) is 14.4 Å². The van der Waals surface area contributed by atoms with Crippen LogP contribution in [0.5, 0.6) is 0 Å². The van der Waals surface area contributed by atoms with Crippen LogP contribution < -0.4 is 4.90 Å². The second kappa shape index (κ2) is 6.93. The molecule has 1 aliphatic heterocycles. The zero-order chi connectivity index (χ0) is 19.8. The lowest BCUT2D eigenvalue weighted by molar-refractivity contribution is -0.122. The molecule has 1 saturated heterocycles. The number of nitriles is 1. The van der Waals surface area contributed by atoms with Gasteiger partial charge in [-0.3, -0.25) is 14.4 Å². The van der Waals surface area contributed by atoms with Gasteiger partial charge in [0.05, 0.1) is 23.7 Å². The zero-order valence-corrected chi connectivity index (χ0v) is 15.5. The fraction of sp³-hybridized carbons (Fsp3) is 0.273. The van der Waals surface area contributed by atoms with Crippen molar-refractivity contribution in [3.8, 4) is 6.07 Å². The van der Waals surface area contributed by atoms with E-state index in [1.165, 1.54) is 0 Å². The van der Waals surface area contributed by atoms with Gasteiger partial charge in [-0.25, -0.2) is 4.90 Å². The molecule has 0 bridgehead atoms. The van der Waals surface area contributed by atoms with Gasteiger partial charge >= 0.3 is 0 Å². The third kappa shape index (κ3) is 3.16. The van der Waals surface area contributed by atoms with Crippen LogP contribution in [0.3, 0.4) is 0 Å². The molecule has 0 N–H and O–H groups in total. The van der Waals surface area contributed by atoms with E-state index in [2.05, 4.69) is 0 Å². The second-order valence-electron chi connectivity index (χ2n) is 7.26. The quantitative estimate of drug-likeness (QED) is 0.772. The molecule has 0 radical (unpaired) electrons. The highest BCUT2D eigenvalue weighted by Gasteiger charge is 2.48. The highest BCUT2D eigenvalue weighted by Crippen LogP contribution is 2.35. The second-order valence-corrected chi connectivity index (χ2v) is 7.26. The first kappa shape index (κ1) is 17.9. The Labute approximate surface area is 163 Å². The Morgan fingerprint density at radius 2 is 1.71 bits per heavy atom. The molecule has 2 aromatic carbocycles. The van der Waals surface area contributed by atoms with E-state index in [0.29, 0.717) is 16.8 Å². The van der Waals surface area contributed by atoms with Crippen molar-refractivity contribution in [1.29, 1.82) is 5.26 Å². The maximum atomic E-state index is 13.1. The minimum Gasteiger partial charge on any atom is -0.323 e. The average molecular weight is 373 g/mol. The summed E-state index contributed by atoms with van der Waals surface area (Å²) < 4.78 is 0. The van der Waals surface area contributed by atoms with Gasteiger partial charge in [-0.1, -0.05) is 17.7 Å². The van der Waals surface area contributed by atoms with Crippen LogP contribution in [-0.2, 0) is 9.59 Å². The molecule has 3 amide bonds. The molecule has 1 atom stereocenters. The summed E-state index contributed by atoms with van der Waals surface area (Å²) in [6, 6.07) is 14.8. The van der Waals surface area contributed by atoms with Crippen molar-refractivity contribution in [2.75, 3.05) is 4.90 Å². The summed E-state index contributed by atoms with van der Waals surface area (Å²) in [6.07, 6.45) is 1.66. The van der Waals surface area contributed by atoms with Crippen molar-refractivity contribution in [3.63, 3.8) is 0 Å². The SMILES string of the molecule is Cc1ccc(C(=O)N(C2CC2)C2CC(=O)N(c3ccc(C#N)cc3)C2=O)cc1. The van der Waals surface area contributed by atoms with Gasteiger partial charge in [0.15, 0.2) is 0 Å². The Hall–Kier alpha value is -3.46. The number of anilines is 1. The molecule has 1 saturated carbocycles. The van der Waals surface area contributed by atoms with Crippen LogP contribution in [0.25, 0.3) is 0 Å². The molecule has 2 aliphatic rings. The molecule has 6 nitrogen and oxygen atoms in total. The minimum atomic E-state index is -0.788. The Morgan fingerprint density at radius 3 is 2.29 bits per heavy atom. The van der Waals surface area contributed by atoms with Gasteiger partial charge in [0.1, 0.15) is 6.04 Å². The summed E-state index contributed by atoms with van der Waals surface area (Å²) >= 11 is 0. The van der Waals surface area contributed by atoms with Gasteiger partial charge in [0.25, 0.3) is 11.8 Å². The number of carbonyl (C=O) groups excluding carboxylic acids is 3. The first-order valence-electron chi connectivity index (χ1n) is 9.26. The fourth-order valence-corrected chi connectivity index (χ4v) is 3.55. The third-order valence-electron chi connectivity index (χ3n) is 5.19. The van der Waals surface area contributed by atoms with Crippen molar-refractivity contribution < 1.29 is 14.4 Å². The predicted octanol–water partition coefficient (Wildman–Crippen LogP) is 2.80. The molecule has 0 spiro atoms. The van der Waals surface area contributed by atoms with E-state index < -0.39 is 6.04 Å². The molecule has 4 rings (SSSR count). The standard InChI is InChI=1S/C22H19N3O3/c1-14-2-6-16(7-3-14)21(27)24(17-10-11-17)19-12-20(26)25(22(19)28)18-8-4-15(13-23)5-9-18/h2-9,17,19H,10-12H2,1H3. The van der Waals surface area contributed by atoms with Crippen LogP contribution in [0.15, 0.2) is 48.5 Å². The number of hydrogen-bond acceptors (Lipinski definition) is 4. The first-order chi connectivity index (χ1) is 13.5. The van der Waals surface area contributed by atoms with Gasteiger partial charge in [0, 0.05) is 11.6 Å². The lowest BCUT2D eigenvalue weighted by atomic mass is 10.1. The first-order valence-corrected chi connectivity index (χ1v) is 9.26. The Kier molecular flexibility index (Phi) is 4.44. The van der Waals surface area contributed by atoms with Crippen molar-refractivity contribution >= 4 is 23.4 Å². The van der Waals surface area contributed by atoms with Crippen molar-refractivity contribution in [2.45, 2.75) is 38.3 Å². The van der Waals surface area contributed by atoms with Gasteiger partial charge in [-0.05, 0) is 56.2 Å². The van der Waals surface area contributed by atoms with Crippen LogP contribution in [0.4, 0.5) is 5.69 Å². The molecule has 1 aliphatic carbocycles. The molecule has 1 unspecified atom stereocenters. The third-order valence-corrected chi connectivity index (χ3v) is 5.19. The molecule has 2 fully saturated rings. The maximum Gasteiger partial charge on any atom is 0.257 e. The summed E-state index contributed by atoms with van der Waals surface area (Å²) in [5, 5.41) is 8.93. The number of imide groups is 1. The average Bonchev–Trinajstić information content (AvgIpc) is 3.49.